The molecule has 1 saturated carbocycles. The molecule has 2 atom stereocenters. The highest BCUT2D eigenvalue weighted by molar-refractivity contribution is 6.10. The van der Waals surface area contributed by atoms with Gasteiger partial charge in [-0.2, -0.15) is 0 Å². The lowest BCUT2D eigenvalue weighted by Gasteiger charge is -2.27. The molecule has 0 saturated heterocycles. The van der Waals surface area contributed by atoms with Gasteiger partial charge in [-0.1, -0.05) is 26.2 Å². The van der Waals surface area contributed by atoms with Crippen molar-refractivity contribution in [2.24, 2.45) is 11.8 Å². The second-order valence-corrected chi connectivity index (χ2v) is 4.87. The maximum atomic E-state index is 11.8. The van der Waals surface area contributed by atoms with Crippen LogP contribution in [0.1, 0.15) is 52.4 Å². The van der Waals surface area contributed by atoms with Crippen molar-refractivity contribution in [3.63, 3.8) is 0 Å². The highest BCUT2D eigenvalue weighted by Crippen LogP contribution is 2.30. The third kappa shape index (κ3) is 3.93. The molecule has 1 fully saturated rings. The topological polar surface area (TPSA) is 60.4 Å². The summed E-state index contributed by atoms with van der Waals surface area (Å²) in [5.41, 5.74) is 0. The van der Waals surface area contributed by atoms with Crippen LogP contribution >= 0.6 is 0 Å². The highest BCUT2D eigenvalue weighted by Gasteiger charge is 2.41. The van der Waals surface area contributed by atoms with Gasteiger partial charge in [0.25, 0.3) is 0 Å². The van der Waals surface area contributed by atoms with Crippen LogP contribution in [0.5, 0.6) is 0 Å². The molecule has 1 aliphatic carbocycles. The van der Waals surface area contributed by atoms with Gasteiger partial charge < -0.3 is 4.74 Å². The van der Waals surface area contributed by atoms with Crippen LogP contribution in [-0.2, 0) is 19.1 Å². The number of carbonyl (C=O) groups excluding carboxylic acids is 3. The molecule has 2 unspecified atom stereocenters. The molecule has 0 aromatic rings. The maximum Gasteiger partial charge on any atom is 0.316 e. The Morgan fingerprint density at radius 1 is 1.28 bits per heavy atom. The van der Waals surface area contributed by atoms with Crippen molar-refractivity contribution in [3.05, 3.63) is 0 Å². The number of unbranched alkanes of at least 4 members (excludes halogenated alkanes) is 2. The number of ketones is 2. The third-order valence-corrected chi connectivity index (χ3v) is 3.40. The molecule has 1 rings (SSSR count). The van der Waals surface area contributed by atoms with Gasteiger partial charge in [-0.25, -0.2) is 0 Å². The first-order chi connectivity index (χ1) is 8.60. The normalized spacial score (nSPS) is 24.1. The first kappa shape index (κ1) is 14.9. The standard InChI is InChI=1S/C14H22O4/c1-3-5-6-7-10-8-11(15)9-12(16)13(10)14(17)18-4-2/h10,13H,3-9H2,1-2H3. The van der Waals surface area contributed by atoms with Crippen LogP contribution in [-0.4, -0.2) is 24.1 Å². The monoisotopic (exact) mass is 254 g/mol. The summed E-state index contributed by atoms with van der Waals surface area (Å²) in [4.78, 5) is 35.1. The number of Topliss-reactive ketones (excluding diaryl/α,β-unsaturated/α-hetero) is 2. The van der Waals surface area contributed by atoms with E-state index in [-0.39, 0.29) is 30.5 Å². The summed E-state index contributed by atoms with van der Waals surface area (Å²) >= 11 is 0. The van der Waals surface area contributed by atoms with Crippen molar-refractivity contribution < 1.29 is 19.1 Å². The maximum absolute atomic E-state index is 11.8. The molecule has 18 heavy (non-hydrogen) atoms. The van der Waals surface area contributed by atoms with E-state index in [2.05, 4.69) is 6.92 Å². The SMILES string of the molecule is CCCCCC1CC(=O)CC(=O)C1C(=O)OCC. The lowest BCUT2D eigenvalue weighted by molar-refractivity contribution is -0.156. The van der Waals surface area contributed by atoms with Gasteiger partial charge in [0.05, 0.1) is 13.0 Å². The van der Waals surface area contributed by atoms with Crippen LogP contribution in [0.3, 0.4) is 0 Å². The minimum atomic E-state index is -0.709. The Labute approximate surface area is 108 Å². The largest absolute Gasteiger partial charge is 0.465 e. The first-order valence-corrected chi connectivity index (χ1v) is 6.81. The molecule has 0 aromatic heterocycles. The Hall–Kier alpha value is -1.19. The number of hydrogen-bond donors (Lipinski definition) is 0. The van der Waals surface area contributed by atoms with Gasteiger partial charge in [-0.15, -0.1) is 0 Å². The summed E-state index contributed by atoms with van der Waals surface area (Å²) in [6, 6.07) is 0. The fraction of sp³-hybridized carbons (Fsp3) is 0.786. The van der Waals surface area contributed by atoms with E-state index in [1.165, 1.54) is 0 Å². The second-order valence-electron chi connectivity index (χ2n) is 4.87. The summed E-state index contributed by atoms with van der Waals surface area (Å²) in [6.45, 7) is 4.10. The Morgan fingerprint density at radius 2 is 2.00 bits per heavy atom. The van der Waals surface area contributed by atoms with Gasteiger partial charge >= 0.3 is 5.97 Å². The predicted molar refractivity (Wildman–Crippen MR) is 67.0 cm³/mol. The molecule has 102 valence electrons. The van der Waals surface area contributed by atoms with Crippen LogP contribution in [0.25, 0.3) is 0 Å². The van der Waals surface area contributed by atoms with Crippen molar-refractivity contribution in [2.45, 2.75) is 52.4 Å². The molecular weight excluding hydrogens is 232 g/mol. The molecule has 0 aromatic carbocycles. The number of rotatable bonds is 6. The zero-order valence-corrected chi connectivity index (χ0v) is 11.2. The summed E-state index contributed by atoms with van der Waals surface area (Å²) in [5.74, 6) is -1.60. The van der Waals surface area contributed by atoms with E-state index in [9.17, 15) is 14.4 Å². The van der Waals surface area contributed by atoms with E-state index in [4.69, 9.17) is 4.74 Å². The van der Waals surface area contributed by atoms with Crippen LogP contribution in [0.15, 0.2) is 0 Å². The van der Waals surface area contributed by atoms with Crippen LogP contribution in [0.4, 0.5) is 0 Å². The summed E-state index contributed by atoms with van der Waals surface area (Å²) in [6.07, 6.45) is 4.10. The second kappa shape index (κ2) is 7.29. The van der Waals surface area contributed by atoms with E-state index in [0.717, 1.165) is 25.7 Å². The third-order valence-electron chi connectivity index (χ3n) is 3.40. The average molecular weight is 254 g/mol. The molecule has 4 heteroatoms. The predicted octanol–water partition coefficient (Wildman–Crippen LogP) is 2.29. The van der Waals surface area contributed by atoms with Gasteiger partial charge in [0.2, 0.25) is 0 Å². The number of hydrogen-bond acceptors (Lipinski definition) is 4. The highest BCUT2D eigenvalue weighted by atomic mass is 16.5. The Bertz CT molecular complexity index is 322. The van der Waals surface area contributed by atoms with Crippen LogP contribution in [0, 0.1) is 11.8 Å². The minimum Gasteiger partial charge on any atom is -0.465 e. The van der Waals surface area contributed by atoms with Gasteiger partial charge in [0.15, 0.2) is 5.78 Å². The summed E-state index contributed by atoms with van der Waals surface area (Å²) < 4.78 is 4.95. The van der Waals surface area contributed by atoms with Gasteiger partial charge in [-0.3, -0.25) is 14.4 Å². The molecule has 0 spiro atoms. The van der Waals surface area contributed by atoms with E-state index in [0.29, 0.717) is 6.42 Å². The molecule has 0 bridgehead atoms. The zero-order chi connectivity index (χ0) is 13.5. The quantitative estimate of drug-likeness (QED) is 0.414. The lowest BCUT2D eigenvalue weighted by atomic mass is 9.75. The zero-order valence-electron chi connectivity index (χ0n) is 11.2. The van der Waals surface area contributed by atoms with E-state index >= 15 is 0 Å². The van der Waals surface area contributed by atoms with E-state index in [1.54, 1.807) is 6.92 Å². The fourth-order valence-electron chi connectivity index (χ4n) is 2.53. The number of ether oxygens (including phenoxy) is 1. The molecular formula is C14H22O4. The van der Waals surface area contributed by atoms with Crippen molar-refractivity contribution in [2.75, 3.05) is 6.61 Å². The Balaban J connectivity index is 2.69. The van der Waals surface area contributed by atoms with Crippen LogP contribution < -0.4 is 0 Å². The Kier molecular flexibility index (Phi) is 6.02. The van der Waals surface area contributed by atoms with Crippen molar-refractivity contribution in [3.8, 4) is 0 Å². The molecule has 0 N–H and O–H groups in total. The number of esters is 1. The summed E-state index contributed by atoms with van der Waals surface area (Å²) in [5, 5.41) is 0. The number of carbonyl (C=O) groups is 3. The minimum absolute atomic E-state index is 0.0398. The average Bonchev–Trinajstić information content (AvgIpc) is 2.28. The van der Waals surface area contributed by atoms with Gasteiger partial charge in [0, 0.05) is 6.42 Å². The van der Waals surface area contributed by atoms with Gasteiger partial charge in [-0.05, 0) is 19.3 Å². The van der Waals surface area contributed by atoms with Crippen molar-refractivity contribution >= 4 is 17.5 Å². The molecule has 0 heterocycles. The molecule has 0 radical (unpaired) electrons. The summed E-state index contributed by atoms with van der Waals surface area (Å²) in [7, 11) is 0. The van der Waals surface area contributed by atoms with Gasteiger partial charge in [0.1, 0.15) is 11.7 Å². The van der Waals surface area contributed by atoms with Crippen LogP contribution in [0.2, 0.25) is 0 Å². The Morgan fingerprint density at radius 3 is 2.61 bits per heavy atom. The molecule has 4 nitrogen and oxygen atoms in total. The van der Waals surface area contributed by atoms with E-state index in [1.807, 2.05) is 0 Å². The molecule has 0 amide bonds. The van der Waals surface area contributed by atoms with Crippen molar-refractivity contribution in [1.29, 1.82) is 0 Å². The molecule has 1 aliphatic rings. The first-order valence-electron chi connectivity index (χ1n) is 6.81. The van der Waals surface area contributed by atoms with Crippen molar-refractivity contribution in [1.82, 2.24) is 0 Å². The lowest BCUT2D eigenvalue weighted by Crippen LogP contribution is -2.39. The smallest absolute Gasteiger partial charge is 0.316 e. The molecule has 0 aliphatic heterocycles. The van der Waals surface area contributed by atoms with E-state index < -0.39 is 11.9 Å². The fourth-order valence-corrected chi connectivity index (χ4v) is 2.53.